The molecule has 98 valence electrons. The lowest BCUT2D eigenvalue weighted by atomic mass is 10.2. The van der Waals surface area contributed by atoms with Gasteiger partial charge in [0, 0.05) is 18.3 Å². The standard InChI is InChI=1S/C11H9FN4O3/c1-19-10-4-7(12)9(16(17)18)5-8(10)15-11-2-3-13-6-14-11/h2-6H,1H3,(H,13,14,15). The number of nitrogens with zero attached hydrogens (tertiary/aromatic N) is 3. The molecule has 0 atom stereocenters. The third-order valence-electron chi connectivity index (χ3n) is 2.31. The fourth-order valence-electron chi connectivity index (χ4n) is 1.45. The molecule has 19 heavy (non-hydrogen) atoms. The van der Waals surface area contributed by atoms with E-state index in [1.165, 1.54) is 19.6 Å². The van der Waals surface area contributed by atoms with Gasteiger partial charge in [-0.15, -0.1) is 0 Å². The first kappa shape index (κ1) is 12.7. The third kappa shape index (κ3) is 2.73. The van der Waals surface area contributed by atoms with Crippen molar-refractivity contribution < 1.29 is 14.1 Å². The average molecular weight is 264 g/mol. The van der Waals surface area contributed by atoms with Crippen molar-refractivity contribution in [2.24, 2.45) is 0 Å². The molecule has 0 amide bonds. The van der Waals surface area contributed by atoms with Crippen LogP contribution in [0.25, 0.3) is 0 Å². The summed E-state index contributed by atoms with van der Waals surface area (Å²) in [6, 6.07) is 3.56. The summed E-state index contributed by atoms with van der Waals surface area (Å²) in [6.45, 7) is 0. The topological polar surface area (TPSA) is 90.2 Å². The first-order valence-corrected chi connectivity index (χ1v) is 5.17. The second-order valence-corrected chi connectivity index (χ2v) is 3.48. The van der Waals surface area contributed by atoms with Gasteiger partial charge >= 0.3 is 5.69 Å². The number of nitrogens with one attached hydrogen (secondary N) is 1. The zero-order valence-electron chi connectivity index (χ0n) is 9.83. The molecular weight excluding hydrogens is 255 g/mol. The summed E-state index contributed by atoms with van der Waals surface area (Å²) in [6.07, 6.45) is 2.81. The molecular formula is C11H9FN4O3. The predicted molar refractivity (Wildman–Crippen MR) is 64.9 cm³/mol. The van der Waals surface area contributed by atoms with Crippen LogP contribution in [-0.2, 0) is 0 Å². The summed E-state index contributed by atoms with van der Waals surface area (Å²) >= 11 is 0. The number of halogens is 1. The number of rotatable bonds is 4. The van der Waals surface area contributed by atoms with Gasteiger partial charge in [0.05, 0.1) is 17.7 Å². The summed E-state index contributed by atoms with van der Waals surface area (Å²) in [5, 5.41) is 13.5. The predicted octanol–water partition coefficient (Wildman–Crippen LogP) is 2.28. The molecule has 1 N–H and O–H groups in total. The lowest BCUT2D eigenvalue weighted by Gasteiger charge is -2.10. The van der Waals surface area contributed by atoms with Gasteiger partial charge in [0.25, 0.3) is 0 Å². The minimum absolute atomic E-state index is 0.140. The summed E-state index contributed by atoms with van der Waals surface area (Å²) < 4.78 is 18.4. The molecule has 0 saturated heterocycles. The van der Waals surface area contributed by atoms with Crippen molar-refractivity contribution in [3.05, 3.63) is 46.7 Å². The SMILES string of the molecule is COc1cc(F)c([N+](=O)[O-])cc1Nc1ccncn1. The van der Waals surface area contributed by atoms with Crippen LogP contribution >= 0.6 is 0 Å². The van der Waals surface area contributed by atoms with Crippen LogP contribution in [0.2, 0.25) is 0 Å². The van der Waals surface area contributed by atoms with Crippen LogP contribution in [0.5, 0.6) is 5.75 Å². The van der Waals surface area contributed by atoms with E-state index in [0.29, 0.717) is 5.82 Å². The highest BCUT2D eigenvalue weighted by atomic mass is 19.1. The maximum absolute atomic E-state index is 13.4. The van der Waals surface area contributed by atoms with Crippen LogP contribution in [0.15, 0.2) is 30.7 Å². The van der Waals surface area contributed by atoms with Gasteiger partial charge in [-0.1, -0.05) is 0 Å². The maximum Gasteiger partial charge on any atom is 0.307 e. The molecule has 2 rings (SSSR count). The Bertz CT molecular complexity index is 606. The lowest BCUT2D eigenvalue weighted by Crippen LogP contribution is -2.00. The van der Waals surface area contributed by atoms with E-state index in [0.717, 1.165) is 12.1 Å². The van der Waals surface area contributed by atoms with Crippen molar-refractivity contribution in [2.45, 2.75) is 0 Å². The minimum Gasteiger partial charge on any atom is -0.494 e. The van der Waals surface area contributed by atoms with Crippen LogP contribution in [0.3, 0.4) is 0 Å². The summed E-state index contributed by atoms with van der Waals surface area (Å²) in [7, 11) is 1.34. The van der Waals surface area contributed by atoms with Crippen molar-refractivity contribution >= 4 is 17.2 Å². The molecule has 0 unspecified atom stereocenters. The Morgan fingerprint density at radius 1 is 1.47 bits per heavy atom. The molecule has 1 aromatic heterocycles. The largest absolute Gasteiger partial charge is 0.494 e. The van der Waals surface area contributed by atoms with Crippen LogP contribution in [0, 0.1) is 15.9 Å². The van der Waals surface area contributed by atoms with Gasteiger partial charge in [0.2, 0.25) is 5.82 Å². The van der Waals surface area contributed by atoms with E-state index in [2.05, 4.69) is 15.3 Å². The van der Waals surface area contributed by atoms with Crippen LogP contribution in [0.4, 0.5) is 21.6 Å². The highest BCUT2D eigenvalue weighted by Crippen LogP contribution is 2.33. The molecule has 1 aromatic carbocycles. The molecule has 0 aliphatic rings. The Morgan fingerprint density at radius 2 is 2.26 bits per heavy atom. The molecule has 0 saturated carbocycles. The van der Waals surface area contributed by atoms with Gasteiger partial charge in [-0.05, 0) is 6.07 Å². The van der Waals surface area contributed by atoms with E-state index in [1.807, 2.05) is 0 Å². The molecule has 0 fully saturated rings. The fourth-order valence-corrected chi connectivity index (χ4v) is 1.45. The minimum atomic E-state index is -0.963. The average Bonchev–Trinajstić information content (AvgIpc) is 2.41. The molecule has 2 aromatic rings. The Labute approximate surface area is 107 Å². The maximum atomic E-state index is 13.4. The number of anilines is 2. The molecule has 0 aliphatic heterocycles. The number of nitro groups is 1. The Morgan fingerprint density at radius 3 is 2.84 bits per heavy atom. The number of benzene rings is 1. The number of methoxy groups -OCH3 is 1. The zero-order valence-corrected chi connectivity index (χ0v) is 9.83. The smallest absolute Gasteiger partial charge is 0.307 e. The molecule has 8 heteroatoms. The molecule has 1 heterocycles. The van der Waals surface area contributed by atoms with Gasteiger partial charge in [-0.3, -0.25) is 10.1 Å². The first-order chi connectivity index (χ1) is 9.11. The van der Waals surface area contributed by atoms with E-state index in [1.54, 1.807) is 6.07 Å². The number of ether oxygens (including phenoxy) is 1. The van der Waals surface area contributed by atoms with E-state index in [9.17, 15) is 14.5 Å². The quantitative estimate of drug-likeness (QED) is 0.673. The number of hydrogen-bond acceptors (Lipinski definition) is 6. The third-order valence-corrected chi connectivity index (χ3v) is 2.31. The Hall–Kier alpha value is -2.77. The zero-order chi connectivity index (χ0) is 13.8. The lowest BCUT2D eigenvalue weighted by molar-refractivity contribution is -0.387. The highest BCUT2D eigenvalue weighted by molar-refractivity contribution is 5.67. The van der Waals surface area contributed by atoms with E-state index < -0.39 is 16.4 Å². The number of hydrogen-bond donors (Lipinski definition) is 1. The monoisotopic (exact) mass is 264 g/mol. The van der Waals surface area contributed by atoms with Crippen LogP contribution in [-0.4, -0.2) is 22.0 Å². The Kier molecular flexibility index (Phi) is 3.51. The second-order valence-electron chi connectivity index (χ2n) is 3.48. The fraction of sp³-hybridized carbons (Fsp3) is 0.0909. The Balaban J connectivity index is 2.43. The van der Waals surface area contributed by atoms with Gasteiger partial charge in [-0.2, -0.15) is 4.39 Å². The molecule has 7 nitrogen and oxygen atoms in total. The van der Waals surface area contributed by atoms with Gasteiger partial charge in [0.1, 0.15) is 17.9 Å². The second kappa shape index (κ2) is 5.25. The van der Waals surface area contributed by atoms with Crippen molar-refractivity contribution in [1.82, 2.24) is 9.97 Å². The molecule has 0 bridgehead atoms. The summed E-state index contributed by atoms with van der Waals surface area (Å²) in [5.74, 6) is -0.411. The van der Waals surface area contributed by atoms with E-state index in [4.69, 9.17) is 4.74 Å². The van der Waals surface area contributed by atoms with Gasteiger partial charge in [0.15, 0.2) is 0 Å². The number of nitro benzene ring substituents is 1. The highest BCUT2D eigenvalue weighted by Gasteiger charge is 2.19. The van der Waals surface area contributed by atoms with Crippen molar-refractivity contribution in [3.8, 4) is 5.75 Å². The van der Waals surface area contributed by atoms with E-state index in [-0.39, 0.29) is 11.4 Å². The van der Waals surface area contributed by atoms with Crippen molar-refractivity contribution in [1.29, 1.82) is 0 Å². The van der Waals surface area contributed by atoms with Crippen LogP contribution < -0.4 is 10.1 Å². The van der Waals surface area contributed by atoms with Crippen molar-refractivity contribution in [2.75, 3.05) is 12.4 Å². The summed E-state index contributed by atoms with van der Waals surface area (Å²) in [5.41, 5.74) is -0.397. The van der Waals surface area contributed by atoms with E-state index >= 15 is 0 Å². The molecule has 0 radical (unpaired) electrons. The van der Waals surface area contributed by atoms with Gasteiger partial charge < -0.3 is 10.1 Å². The van der Waals surface area contributed by atoms with Crippen LogP contribution in [0.1, 0.15) is 0 Å². The normalized spacial score (nSPS) is 10.0. The van der Waals surface area contributed by atoms with Crippen molar-refractivity contribution in [3.63, 3.8) is 0 Å². The summed E-state index contributed by atoms with van der Waals surface area (Å²) in [4.78, 5) is 17.5. The number of aromatic nitrogens is 2. The molecule has 0 aliphatic carbocycles. The molecule has 0 spiro atoms. The van der Waals surface area contributed by atoms with Gasteiger partial charge in [-0.25, -0.2) is 9.97 Å². The first-order valence-electron chi connectivity index (χ1n) is 5.17.